The van der Waals surface area contributed by atoms with E-state index in [1.54, 1.807) is 23.5 Å². The van der Waals surface area contributed by atoms with Crippen molar-refractivity contribution < 1.29 is 0 Å². The minimum Gasteiger partial charge on any atom is -0.399 e. The number of rotatable bonds is 4. The topological polar surface area (TPSA) is 51.8 Å². The molecule has 5 rings (SSSR count). The van der Waals surface area contributed by atoms with Crippen molar-refractivity contribution in [3.63, 3.8) is 0 Å². The van der Waals surface area contributed by atoms with Crippen molar-refractivity contribution >= 4 is 66.9 Å². The lowest BCUT2D eigenvalue weighted by molar-refractivity contribution is 0.969. The van der Waals surface area contributed by atoms with Gasteiger partial charge in [-0.25, -0.2) is 9.97 Å². The van der Waals surface area contributed by atoms with Crippen LogP contribution < -0.4 is 5.73 Å². The average molecular weight is 490 g/mol. The van der Waals surface area contributed by atoms with Crippen molar-refractivity contribution in [3.8, 4) is 0 Å². The van der Waals surface area contributed by atoms with Crippen LogP contribution in [0.25, 0.3) is 21.8 Å². The highest BCUT2D eigenvalue weighted by atomic mass is 79.9. The van der Waals surface area contributed by atoms with E-state index in [0.29, 0.717) is 0 Å². The molecule has 5 aromatic rings. The van der Waals surface area contributed by atoms with Crippen molar-refractivity contribution in [3.05, 3.63) is 89.4 Å². The summed E-state index contributed by atoms with van der Waals surface area (Å²) in [7, 11) is 0. The average Bonchev–Trinajstić information content (AvgIpc) is 2.74. The SMILES string of the molecule is Nc1ccc(Sc2nc3cc4ccccc4cc3nc2Sc2cccc(Br)c2)cc1. The van der Waals surface area contributed by atoms with Gasteiger partial charge in [0.2, 0.25) is 0 Å². The minimum absolute atomic E-state index is 0.749. The Balaban J connectivity index is 1.64. The number of fused-ring (bicyclic) bond motifs is 2. The van der Waals surface area contributed by atoms with Crippen LogP contribution >= 0.6 is 39.5 Å². The molecule has 1 aromatic heterocycles. The fourth-order valence-electron chi connectivity index (χ4n) is 3.13. The second kappa shape index (κ2) is 8.30. The predicted molar refractivity (Wildman–Crippen MR) is 130 cm³/mol. The van der Waals surface area contributed by atoms with Crippen LogP contribution in [-0.2, 0) is 0 Å². The smallest absolute Gasteiger partial charge is 0.134 e. The molecule has 0 aliphatic rings. The molecule has 146 valence electrons. The van der Waals surface area contributed by atoms with Crippen LogP contribution in [0.4, 0.5) is 5.69 Å². The summed E-state index contributed by atoms with van der Waals surface area (Å²) in [6, 6.07) is 28.6. The first-order valence-corrected chi connectivity index (χ1v) is 11.7. The van der Waals surface area contributed by atoms with Crippen LogP contribution in [0.5, 0.6) is 0 Å². The first-order chi connectivity index (χ1) is 14.6. The van der Waals surface area contributed by atoms with Gasteiger partial charge in [0.15, 0.2) is 0 Å². The Morgan fingerprint density at radius 1 is 0.633 bits per heavy atom. The highest BCUT2D eigenvalue weighted by Crippen LogP contribution is 2.38. The van der Waals surface area contributed by atoms with Gasteiger partial charge in [0, 0.05) is 20.0 Å². The third-order valence-electron chi connectivity index (χ3n) is 4.58. The number of hydrogen-bond donors (Lipinski definition) is 1. The van der Waals surface area contributed by atoms with E-state index in [9.17, 15) is 0 Å². The second-order valence-electron chi connectivity index (χ2n) is 6.75. The van der Waals surface area contributed by atoms with Gasteiger partial charge in [-0.2, -0.15) is 0 Å². The van der Waals surface area contributed by atoms with Crippen LogP contribution in [-0.4, -0.2) is 9.97 Å². The van der Waals surface area contributed by atoms with Crippen molar-refractivity contribution in [2.24, 2.45) is 0 Å². The lowest BCUT2D eigenvalue weighted by Gasteiger charge is -2.10. The van der Waals surface area contributed by atoms with Gasteiger partial charge in [-0.05, 0) is 65.4 Å². The van der Waals surface area contributed by atoms with E-state index in [4.69, 9.17) is 15.7 Å². The number of nitrogen functional groups attached to an aromatic ring is 1. The fourth-order valence-corrected chi connectivity index (χ4v) is 5.54. The van der Waals surface area contributed by atoms with Gasteiger partial charge in [0.25, 0.3) is 0 Å². The van der Waals surface area contributed by atoms with Crippen molar-refractivity contribution in [1.82, 2.24) is 9.97 Å². The molecule has 4 aromatic carbocycles. The standard InChI is InChI=1S/C24H16BrN3S2/c25-17-6-3-7-20(14-17)30-24-23(29-19-10-8-18(26)9-11-19)27-21-12-15-4-1-2-5-16(15)13-22(21)28-24/h1-14H,26H2. The second-order valence-corrected chi connectivity index (χ2v) is 9.79. The van der Waals surface area contributed by atoms with Gasteiger partial charge in [-0.15, -0.1) is 0 Å². The summed E-state index contributed by atoms with van der Waals surface area (Å²) in [6.07, 6.45) is 0. The zero-order valence-corrected chi connectivity index (χ0v) is 19.0. The molecule has 0 aliphatic heterocycles. The molecule has 3 nitrogen and oxygen atoms in total. The van der Waals surface area contributed by atoms with Crippen LogP contribution in [0.2, 0.25) is 0 Å². The molecule has 0 atom stereocenters. The number of anilines is 1. The molecule has 2 N–H and O–H groups in total. The Bertz CT molecular complexity index is 1370. The van der Waals surface area contributed by atoms with Gasteiger partial charge in [0.05, 0.1) is 11.0 Å². The molecule has 0 amide bonds. The molecule has 0 bridgehead atoms. The first kappa shape index (κ1) is 19.4. The van der Waals surface area contributed by atoms with Gasteiger partial charge in [-0.1, -0.05) is 69.8 Å². The number of nitrogens with zero attached hydrogens (tertiary/aromatic N) is 2. The lowest BCUT2D eigenvalue weighted by Crippen LogP contribution is -1.93. The first-order valence-electron chi connectivity index (χ1n) is 9.31. The van der Waals surface area contributed by atoms with Crippen molar-refractivity contribution in [2.75, 3.05) is 5.73 Å². The number of hydrogen-bond acceptors (Lipinski definition) is 5. The van der Waals surface area contributed by atoms with Gasteiger partial charge < -0.3 is 5.73 Å². The van der Waals surface area contributed by atoms with Crippen molar-refractivity contribution in [2.45, 2.75) is 19.8 Å². The molecule has 0 spiro atoms. The third-order valence-corrected chi connectivity index (χ3v) is 7.15. The molecule has 1 heterocycles. The Hall–Kier alpha value is -2.54. The summed E-state index contributed by atoms with van der Waals surface area (Å²) >= 11 is 6.78. The molecule has 6 heteroatoms. The van der Waals surface area contributed by atoms with E-state index >= 15 is 0 Å². The number of benzene rings is 4. The zero-order chi connectivity index (χ0) is 20.5. The molecule has 0 aliphatic carbocycles. The van der Waals surface area contributed by atoms with Crippen LogP contribution in [0.15, 0.2) is 109 Å². The molecule has 0 radical (unpaired) electrons. The molecule has 0 saturated heterocycles. The molecule has 0 unspecified atom stereocenters. The quantitative estimate of drug-likeness (QED) is 0.210. The Morgan fingerprint density at radius 3 is 1.83 bits per heavy atom. The Labute approximate surface area is 191 Å². The summed E-state index contributed by atoms with van der Waals surface area (Å²) < 4.78 is 1.04. The maximum Gasteiger partial charge on any atom is 0.134 e. The van der Waals surface area contributed by atoms with Gasteiger partial charge >= 0.3 is 0 Å². The summed E-state index contributed by atoms with van der Waals surface area (Å²) in [4.78, 5) is 12.2. The largest absolute Gasteiger partial charge is 0.399 e. The number of nitrogens with two attached hydrogens (primary N) is 1. The molecular formula is C24H16BrN3S2. The summed E-state index contributed by atoms with van der Waals surface area (Å²) in [5.41, 5.74) is 8.39. The maximum atomic E-state index is 5.85. The molecule has 0 saturated carbocycles. The van der Waals surface area contributed by atoms with E-state index in [2.05, 4.69) is 52.3 Å². The van der Waals surface area contributed by atoms with E-state index in [0.717, 1.165) is 51.8 Å². The van der Waals surface area contributed by atoms with Gasteiger partial charge in [-0.3, -0.25) is 0 Å². The lowest BCUT2D eigenvalue weighted by atomic mass is 10.1. The zero-order valence-electron chi connectivity index (χ0n) is 15.7. The Kier molecular flexibility index (Phi) is 5.37. The van der Waals surface area contributed by atoms with E-state index in [-0.39, 0.29) is 0 Å². The predicted octanol–water partition coefficient (Wildman–Crippen LogP) is 7.43. The number of aromatic nitrogens is 2. The van der Waals surface area contributed by atoms with Crippen LogP contribution in [0.1, 0.15) is 0 Å². The van der Waals surface area contributed by atoms with Crippen LogP contribution in [0.3, 0.4) is 0 Å². The normalized spacial score (nSPS) is 11.2. The summed E-state index contributed by atoms with van der Waals surface area (Å²) in [5.74, 6) is 0. The van der Waals surface area contributed by atoms with E-state index < -0.39 is 0 Å². The van der Waals surface area contributed by atoms with E-state index in [1.165, 1.54) is 0 Å². The van der Waals surface area contributed by atoms with Crippen molar-refractivity contribution in [1.29, 1.82) is 0 Å². The Morgan fingerprint density at radius 2 is 1.23 bits per heavy atom. The highest BCUT2D eigenvalue weighted by molar-refractivity contribution is 9.10. The minimum atomic E-state index is 0.749. The monoisotopic (exact) mass is 489 g/mol. The molecule has 30 heavy (non-hydrogen) atoms. The fraction of sp³-hybridized carbons (Fsp3) is 0. The maximum absolute atomic E-state index is 5.85. The van der Waals surface area contributed by atoms with E-state index in [1.807, 2.05) is 48.5 Å². The van der Waals surface area contributed by atoms with Crippen LogP contribution in [0, 0.1) is 0 Å². The molecular weight excluding hydrogens is 474 g/mol. The third kappa shape index (κ3) is 4.17. The summed E-state index contributed by atoms with van der Waals surface area (Å²) in [5, 5.41) is 4.09. The number of halogens is 1. The highest BCUT2D eigenvalue weighted by Gasteiger charge is 2.13. The molecule has 0 fully saturated rings. The van der Waals surface area contributed by atoms with Gasteiger partial charge in [0.1, 0.15) is 10.1 Å². The summed E-state index contributed by atoms with van der Waals surface area (Å²) in [6.45, 7) is 0.